The number of anilines is 1. The summed E-state index contributed by atoms with van der Waals surface area (Å²) in [7, 11) is 1.53. The number of hydrazone groups is 1. The first-order valence-corrected chi connectivity index (χ1v) is 11.1. The van der Waals surface area contributed by atoms with E-state index in [9.17, 15) is 9.59 Å². The van der Waals surface area contributed by atoms with E-state index in [2.05, 4.69) is 31.8 Å². The molecule has 0 aliphatic heterocycles. The number of carbonyl (C=O) groups excluding carboxylic acids is 2. The van der Waals surface area contributed by atoms with Gasteiger partial charge in [-0.05, 0) is 57.4 Å². The number of carbonyl (C=O) groups is 2. The molecule has 2 N–H and O–H groups in total. The molecular weight excluding hydrogens is 486 g/mol. The Morgan fingerprint density at radius 3 is 2.42 bits per heavy atom. The second-order valence-electron chi connectivity index (χ2n) is 7.01. The summed E-state index contributed by atoms with van der Waals surface area (Å²) in [5.74, 6) is 0.626. The number of halogens is 1. The Balaban J connectivity index is 1.43. The van der Waals surface area contributed by atoms with E-state index < -0.39 is 0 Å². The molecule has 0 spiro atoms. The molecule has 0 aliphatic rings. The number of benzene rings is 3. The second-order valence-corrected chi connectivity index (χ2v) is 7.86. The molecule has 0 heterocycles. The van der Waals surface area contributed by atoms with Crippen LogP contribution >= 0.6 is 15.9 Å². The molecular formula is C25H24BrN3O4. The predicted molar refractivity (Wildman–Crippen MR) is 132 cm³/mol. The molecule has 0 aromatic heterocycles. The highest BCUT2D eigenvalue weighted by atomic mass is 79.9. The van der Waals surface area contributed by atoms with Crippen LogP contribution in [0, 0.1) is 0 Å². The number of methoxy groups -OCH3 is 1. The summed E-state index contributed by atoms with van der Waals surface area (Å²) in [5.41, 5.74) is 4.85. The zero-order valence-corrected chi connectivity index (χ0v) is 19.7. The zero-order chi connectivity index (χ0) is 23.5. The van der Waals surface area contributed by atoms with Gasteiger partial charge >= 0.3 is 0 Å². The van der Waals surface area contributed by atoms with Crippen molar-refractivity contribution in [2.75, 3.05) is 12.4 Å². The summed E-state index contributed by atoms with van der Waals surface area (Å²) in [5, 5.41) is 6.69. The predicted octanol–water partition coefficient (Wildman–Crippen LogP) is 4.91. The molecule has 3 aromatic rings. The summed E-state index contributed by atoms with van der Waals surface area (Å²) in [4.78, 5) is 24.1. The maximum atomic E-state index is 12.1. The molecule has 0 radical (unpaired) electrons. The quantitative estimate of drug-likeness (QED) is 0.300. The Morgan fingerprint density at radius 1 is 0.939 bits per heavy atom. The Kier molecular flexibility index (Phi) is 9.02. The fourth-order valence-corrected chi connectivity index (χ4v) is 3.38. The highest BCUT2D eigenvalue weighted by molar-refractivity contribution is 9.10. The molecule has 7 nitrogen and oxygen atoms in total. The lowest BCUT2D eigenvalue weighted by Gasteiger charge is -2.09. The highest BCUT2D eigenvalue weighted by Crippen LogP contribution is 2.26. The number of para-hydroxylation sites is 2. The van der Waals surface area contributed by atoms with Gasteiger partial charge in [0.25, 0.3) is 0 Å². The fraction of sp³-hybridized carbons (Fsp3) is 0.160. The van der Waals surface area contributed by atoms with Gasteiger partial charge in [0, 0.05) is 12.8 Å². The van der Waals surface area contributed by atoms with E-state index >= 15 is 0 Å². The standard InChI is InChI=1S/C25H24BrN3O4/c1-32-23-10-6-5-9-21(23)28-24(30)13-14-25(31)29-27-16-19-11-12-22(20(26)15-19)33-17-18-7-3-2-4-8-18/h2-12,15-16H,13-14,17H2,1H3,(H,28,30)(H,29,31). The molecule has 0 saturated carbocycles. The summed E-state index contributed by atoms with van der Waals surface area (Å²) >= 11 is 3.49. The molecule has 0 saturated heterocycles. The van der Waals surface area contributed by atoms with E-state index in [1.807, 2.05) is 54.6 Å². The Hall–Kier alpha value is -3.65. The van der Waals surface area contributed by atoms with Crippen LogP contribution in [0.3, 0.4) is 0 Å². The number of hydrogen-bond donors (Lipinski definition) is 2. The summed E-state index contributed by atoms with van der Waals surface area (Å²) < 4.78 is 11.8. The number of nitrogens with one attached hydrogen (secondary N) is 2. The number of nitrogens with zero attached hydrogens (tertiary/aromatic N) is 1. The summed E-state index contributed by atoms with van der Waals surface area (Å²) in [6.07, 6.45) is 1.56. The van der Waals surface area contributed by atoms with E-state index in [1.165, 1.54) is 13.3 Å². The first-order chi connectivity index (χ1) is 16.0. The van der Waals surface area contributed by atoms with Crippen molar-refractivity contribution >= 4 is 39.6 Å². The molecule has 8 heteroatoms. The van der Waals surface area contributed by atoms with Gasteiger partial charge in [0.15, 0.2) is 0 Å². The molecule has 170 valence electrons. The van der Waals surface area contributed by atoms with Crippen LogP contribution in [-0.4, -0.2) is 25.1 Å². The molecule has 0 atom stereocenters. The van der Waals surface area contributed by atoms with Gasteiger partial charge in [0.2, 0.25) is 11.8 Å². The van der Waals surface area contributed by atoms with Gasteiger partial charge < -0.3 is 14.8 Å². The third-order valence-electron chi connectivity index (χ3n) is 4.56. The lowest BCUT2D eigenvalue weighted by atomic mass is 10.2. The van der Waals surface area contributed by atoms with Gasteiger partial charge in [0.05, 0.1) is 23.5 Å². The van der Waals surface area contributed by atoms with Crippen molar-refractivity contribution in [2.45, 2.75) is 19.4 Å². The van der Waals surface area contributed by atoms with E-state index in [1.54, 1.807) is 18.2 Å². The van der Waals surface area contributed by atoms with Crippen molar-refractivity contribution in [3.05, 3.63) is 88.4 Å². The van der Waals surface area contributed by atoms with Gasteiger partial charge in [-0.25, -0.2) is 5.43 Å². The lowest BCUT2D eigenvalue weighted by molar-refractivity contribution is -0.124. The van der Waals surface area contributed by atoms with Crippen LogP contribution in [-0.2, 0) is 16.2 Å². The van der Waals surface area contributed by atoms with Crippen LogP contribution in [0.2, 0.25) is 0 Å². The van der Waals surface area contributed by atoms with Crippen molar-refractivity contribution in [3.63, 3.8) is 0 Å². The SMILES string of the molecule is COc1ccccc1NC(=O)CCC(=O)NN=Cc1ccc(OCc2ccccc2)c(Br)c1. The van der Waals surface area contributed by atoms with Crippen LogP contribution in [0.4, 0.5) is 5.69 Å². The van der Waals surface area contributed by atoms with E-state index in [0.29, 0.717) is 23.8 Å². The van der Waals surface area contributed by atoms with Crippen LogP contribution in [0.1, 0.15) is 24.0 Å². The normalized spacial score (nSPS) is 10.6. The molecule has 2 amide bonds. The Bertz CT molecular complexity index is 1120. The molecule has 0 aliphatic carbocycles. The molecule has 0 bridgehead atoms. The van der Waals surface area contributed by atoms with Crippen molar-refractivity contribution < 1.29 is 19.1 Å². The minimum atomic E-state index is -0.358. The van der Waals surface area contributed by atoms with Crippen molar-refractivity contribution in [2.24, 2.45) is 5.10 Å². The molecule has 3 rings (SSSR count). The summed E-state index contributed by atoms with van der Waals surface area (Å²) in [6.45, 7) is 0.466. The smallest absolute Gasteiger partial charge is 0.240 e. The minimum Gasteiger partial charge on any atom is -0.495 e. The number of ether oxygens (including phenoxy) is 2. The first kappa shape index (κ1) is 24.0. The average Bonchev–Trinajstić information content (AvgIpc) is 2.83. The van der Waals surface area contributed by atoms with Crippen LogP contribution in [0.5, 0.6) is 11.5 Å². The third kappa shape index (κ3) is 7.76. The topological polar surface area (TPSA) is 89.0 Å². The van der Waals surface area contributed by atoms with Crippen molar-refractivity contribution in [3.8, 4) is 11.5 Å². The van der Waals surface area contributed by atoms with E-state index in [0.717, 1.165) is 15.6 Å². The van der Waals surface area contributed by atoms with Gasteiger partial charge in [-0.15, -0.1) is 0 Å². The van der Waals surface area contributed by atoms with Crippen molar-refractivity contribution in [1.29, 1.82) is 0 Å². The monoisotopic (exact) mass is 509 g/mol. The van der Waals surface area contributed by atoms with Gasteiger partial charge in [-0.1, -0.05) is 42.5 Å². The van der Waals surface area contributed by atoms with Crippen LogP contribution < -0.4 is 20.2 Å². The largest absolute Gasteiger partial charge is 0.495 e. The minimum absolute atomic E-state index is 0.00821. The lowest BCUT2D eigenvalue weighted by Crippen LogP contribution is -2.20. The zero-order valence-electron chi connectivity index (χ0n) is 18.1. The van der Waals surface area contributed by atoms with Gasteiger partial charge in [-0.3, -0.25) is 9.59 Å². The van der Waals surface area contributed by atoms with Crippen LogP contribution in [0.25, 0.3) is 0 Å². The number of rotatable bonds is 10. The Morgan fingerprint density at radius 2 is 1.67 bits per heavy atom. The maximum absolute atomic E-state index is 12.1. The van der Waals surface area contributed by atoms with E-state index in [4.69, 9.17) is 9.47 Å². The molecule has 0 unspecified atom stereocenters. The third-order valence-corrected chi connectivity index (χ3v) is 5.18. The van der Waals surface area contributed by atoms with Crippen molar-refractivity contribution in [1.82, 2.24) is 5.43 Å². The molecule has 3 aromatic carbocycles. The van der Waals surface area contributed by atoms with Gasteiger partial charge in [-0.2, -0.15) is 5.10 Å². The maximum Gasteiger partial charge on any atom is 0.240 e. The van der Waals surface area contributed by atoms with E-state index in [-0.39, 0.29) is 24.7 Å². The summed E-state index contributed by atoms with van der Waals surface area (Å²) in [6, 6.07) is 22.5. The second kappa shape index (κ2) is 12.4. The number of hydrogen-bond acceptors (Lipinski definition) is 5. The highest BCUT2D eigenvalue weighted by Gasteiger charge is 2.09. The Labute approximate surface area is 200 Å². The van der Waals surface area contributed by atoms with Gasteiger partial charge in [0.1, 0.15) is 18.1 Å². The van der Waals surface area contributed by atoms with Crippen LogP contribution in [0.15, 0.2) is 82.4 Å². The number of amides is 2. The average molecular weight is 510 g/mol. The molecule has 0 fully saturated rings. The fourth-order valence-electron chi connectivity index (χ4n) is 2.87. The first-order valence-electron chi connectivity index (χ1n) is 10.3. The molecule has 33 heavy (non-hydrogen) atoms.